The van der Waals surface area contributed by atoms with E-state index in [1.807, 2.05) is 47.4 Å². The number of carbonyl (C=O) groups is 1. The monoisotopic (exact) mass is 278 g/mol. The molecule has 1 heterocycles. The Hall–Kier alpha value is -2.80. The number of carboxylic acid groups (broad SMARTS) is 1. The van der Waals surface area contributed by atoms with Gasteiger partial charge in [0.25, 0.3) is 0 Å². The van der Waals surface area contributed by atoms with Gasteiger partial charge in [0.15, 0.2) is 0 Å². The second kappa shape index (κ2) is 5.29. The molecule has 0 radical (unpaired) electrons. The summed E-state index contributed by atoms with van der Waals surface area (Å²) in [4.78, 5) is 13.5. The van der Waals surface area contributed by atoms with E-state index in [1.54, 1.807) is 6.07 Å². The first-order chi connectivity index (χ1) is 10.2. The van der Waals surface area contributed by atoms with Gasteiger partial charge >= 0.3 is 5.97 Å². The standard InChI is InChI=1S/C17H14N2O2/c18-9-12-5-2-4-8-16(12)19-10-13-6-1-3-7-14(13)15(11-19)17(20)21/h1-8,15H,10-11H2,(H,20,21). The van der Waals surface area contributed by atoms with Crippen LogP contribution >= 0.6 is 0 Å². The van der Waals surface area contributed by atoms with Gasteiger partial charge in [0.05, 0.1) is 17.2 Å². The summed E-state index contributed by atoms with van der Waals surface area (Å²) < 4.78 is 0. The highest BCUT2D eigenvalue weighted by atomic mass is 16.4. The lowest BCUT2D eigenvalue weighted by Gasteiger charge is -2.34. The fourth-order valence-electron chi connectivity index (χ4n) is 2.85. The Bertz CT molecular complexity index is 734. The van der Waals surface area contributed by atoms with Crippen molar-refractivity contribution in [3.8, 4) is 6.07 Å². The lowest BCUT2D eigenvalue weighted by atomic mass is 9.89. The average molecular weight is 278 g/mol. The molecule has 0 fully saturated rings. The third-order valence-electron chi connectivity index (χ3n) is 3.86. The van der Waals surface area contributed by atoms with Crippen LogP contribution in [-0.2, 0) is 11.3 Å². The Morgan fingerprint density at radius 2 is 1.90 bits per heavy atom. The molecule has 4 heteroatoms. The van der Waals surface area contributed by atoms with Gasteiger partial charge < -0.3 is 10.0 Å². The molecule has 0 spiro atoms. The predicted octanol–water partition coefficient (Wildman–Crippen LogP) is 2.75. The molecule has 1 unspecified atom stereocenters. The number of hydrogen-bond acceptors (Lipinski definition) is 3. The van der Waals surface area contributed by atoms with E-state index in [2.05, 4.69) is 6.07 Å². The van der Waals surface area contributed by atoms with Gasteiger partial charge in [-0.15, -0.1) is 0 Å². The summed E-state index contributed by atoms with van der Waals surface area (Å²) in [6.07, 6.45) is 0. The van der Waals surface area contributed by atoms with Crippen LogP contribution in [0.2, 0.25) is 0 Å². The van der Waals surface area contributed by atoms with Crippen LogP contribution in [0.1, 0.15) is 22.6 Å². The molecule has 0 aromatic heterocycles. The third kappa shape index (κ3) is 2.34. The Morgan fingerprint density at radius 3 is 2.67 bits per heavy atom. The van der Waals surface area contributed by atoms with Gasteiger partial charge in [0, 0.05) is 13.1 Å². The molecule has 1 N–H and O–H groups in total. The van der Waals surface area contributed by atoms with E-state index < -0.39 is 11.9 Å². The minimum absolute atomic E-state index is 0.380. The first-order valence-corrected chi connectivity index (χ1v) is 6.75. The highest BCUT2D eigenvalue weighted by Crippen LogP contribution is 2.32. The smallest absolute Gasteiger partial charge is 0.312 e. The number of anilines is 1. The quantitative estimate of drug-likeness (QED) is 0.917. The van der Waals surface area contributed by atoms with Gasteiger partial charge in [-0.25, -0.2) is 0 Å². The molecule has 1 aliphatic rings. The van der Waals surface area contributed by atoms with Crippen molar-refractivity contribution < 1.29 is 9.90 Å². The molecule has 21 heavy (non-hydrogen) atoms. The van der Waals surface area contributed by atoms with Crippen LogP contribution in [0.15, 0.2) is 48.5 Å². The summed E-state index contributed by atoms with van der Waals surface area (Å²) >= 11 is 0. The number of para-hydroxylation sites is 1. The maximum Gasteiger partial charge on any atom is 0.312 e. The molecule has 0 bridgehead atoms. The predicted molar refractivity (Wildman–Crippen MR) is 79.0 cm³/mol. The molecule has 0 saturated heterocycles. The number of fused-ring (bicyclic) bond motifs is 1. The molecule has 104 valence electrons. The molecule has 2 aromatic carbocycles. The Kier molecular flexibility index (Phi) is 3.33. The molecule has 0 aliphatic carbocycles. The summed E-state index contributed by atoms with van der Waals surface area (Å²) in [5.41, 5.74) is 3.24. The first-order valence-electron chi connectivity index (χ1n) is 6.75. The Balaban J connectivity index is 2.05. The van der Waals surface area contributed by atoms with Crippen molar-refractivity contribution in [1.82, 2.24) is 0 Å². The van der Waals surface area contributed by atoms with Crippen LogP contribution < -0.4 is 4.90 Å². The zero-order valence-corrected chi connectivity index (χ0v) is 11.4. The highest BCUT2D eigenvalue weighted by molar-refractivity contribution is 5.79. The van der Waals surface area contributed by atoms with E-state index in [0.29, 0.717) is 18.7 Å². The van der Waals surface area contributed by atoms with Crippen molar-refractivity contribution in [3.05, 3.63) is 65.2 Å². The number of nitriles is 1. The summed E-state index contributed by atoms with van der Waals surface area (Å²) in [6, 6.07) is 17.1. The van der Waals surface area contributed by atoms with E-state index in [-0.39, 0.29) is 0 Å². The number of benzene rings is 2. The van der Waals surface area contributed by atoms with Crippen LogP contribution in [0.4, 0.5) is 5.69 Å². The molecule has 0 saturated carbocycles. The minimum atomic E-state index is -0.832. The second-order valence-corrected chi connectivity index (χ2v) is 5.10. The van der Waals surface area contributed by atoms with E-state index in [0.717, 1.165) is 16.8 Å². The number of nitrogens with zero attached hydrogens (tertiary/aromatic N) is 2. The van der Waals surface area contributed by atoms with Crippen LogP contribution in [0.3, 0.4) is 0 Å². The van der Waals surface area contributed by atoms with Crippen LogP contribution in [0.25, 0.3) is 0 Å². The minimum Gasteiger partial charge on any atom is -0.481 e. The number of hydrogen-bond donors (Lipinski definition) is 1. The molecule has 3 rings (SSSR count). The van der Waals surface area contributed by atoms with Crippen molar-refractivity contribution >= 4 is 11.7 Å². The van der Waals surface area contributed by atoms with Gasteiger partial charge in [0.1, 0.15) is 6.07 Å². The van der Waals surface area contributed by atoms with Crippen LogP contribution in [0.5, 0.6) is 0 Å². The van der Waals surface area contributed by atoms with Gasteiger partial charge in [-0.05, 0) is 23.3 Å². The maximum absolute atomic E-state index is 11.6. The van der Waals surface area contributed by atoms with Crippen molar-refractivity contribution in [2.75, 3.05) is 11.4 Å². The summed E-state index contributed by atoms with van der Waals surface area (Å²) in [5.74, 6) is -1.40. The van der Waals surface area contributed by atoms with Gasteiger partial charge in [0.2, 0.25) is 0 Å². The summed E-state index contributed by atoms with van der Waals surface area (Å²) in [7, 11) is 0. The molecule has 1 aliphatic heterocycles. The maximum atomic E-state index is 11.6. The second-order valence-electron chi connectivity index (χ2n) is 5.10. The Labute approximate surface area is 122 Å². The van der Waals surface area contributed by atoms with Crippen LogP contribution in [0, 0.1) is 11.3 Å². The zero-order valence-electron chi connectivity index (χ0n) is 11.4. The first kappa shape index (κ1) is 13.2. The van der Waals surface area contributed by atoms with Crippen LogP contribution in [-0.4, -0.2) is 17.6 Å². The number of aliphatic carboxylic acids is 1. The van der Waals surface area contributed by atoms with Gasteiger partial charge in [-0.1, -0.05) is 36.4 Å². The van der Waals surface area contributed by atoms with E-state index in [9.17, 15) is 15.2 Å². The average Bonchev–Trinajstić information content (AvgIpc) is 2.53. The topological polar surface area (TPSA) is 64.3 Å². The van der Waals surface area contributed by atoms with E-state index in [1.165, 1.54) is 0 Å². The molecular weight excluding hydrogens is 264 g/mol. The van der Waals surface area contributed by atoms with Gasteiger partial charge in [-0.3, -0.25) is 4.79 Å². The van der Waals surface area contributed by atoms with Crippen molar-refractivity contribution in [2.45, 2.75) is 12.5 Å². The Morgan fingerprint density at radius 1 is 1.19 bits per heavy atom. The number of carboxylic acids is 1. The summed E-state index contributed by atoms with van der Waals surface area (Å²) in [6.45, 7) is 1.00. The molecule has 1 atom stereocenters. The van der Waals surface area contributed by atoms with Crippen molar-refractivity contribution in [3.63, 3.8) is 0 Å². The van der Waals surface area contributed by atoms with E-state index >= 15 is 0 Å². The molecule has 0 amide bonds. The zero-order chi connectivity index (χ0) is 14.8. The third-order valence-corrected chi connectivity index (χ3v) is 3.86. The lowest BCUT2D eigenvalue weighted by molar-refractivity contribution is -0.138. The fraction of sp³-hybridized carbons (Fsp3) is 0.176. The number of rotatable bonds is 2. The molecule has 2 aromatic rings. The van der Waals surface area contributed by atoms with Gasteiger partial charge in [-0.2, -0.15) is 5.26 Å². The molecule has 4 nitrogen and oxygen atoms in total. The lowest BCUT2D eigenvalue weighted by Crippen LogP contribution is -2.37. The van der Waals surface area contributed by atoms with Crippen molar-refractivity contribution in [2.24, 2.45) is 0 Å². The largest absolute Gasteiger partial charge is 0.481 e. The summed E-state index contributed by atoms with van der Waals surface area (Å²) in [5, 5.41) is 18.7. The SMILES string of the molecule is N#Cc1ccccc1N1Cc2ccccc2C(C(=O)O)C1. The normalized spacial score (nSPS) is 16.9. The molecular formula is C17H14N2O2. The van der Waals surface area contributed by atoms with Crippen molar-refractivity contribution in [1.29, 1.82) is 5.26 Å². The van der Waals surface area contributed by atoms with E-state index in [4.69, 9.17) is 0 Å². The fourth-order valence-corrected chi connectivity index (χ4v) is 2.85. The highest BCUT2D eigenvalue weighted by Gasteiger charge is 2.30.